The molecule has 2 aromatic rings. The summed E-state index contributed by atoms with van der Waals surface area (Å²) in [7, 11) is 5.51. The lowest BCUT2D eigenvalue weighted by Crippen LogP contribution is -2.43. The number of aromatic nitrogens is 2. The fourth-order valence-corrected chi connectivity index (χ4v) is 3.33. The lowest BCUT2D eigenvalue weighted by Gasteiger charge is -2.25. The molecule has 1 aromatic heterocycles. The molecule has 0 radical (unpaired) electrons. The molecule has 1 aromatic carbocycles. The van der Waals surface area contributed by atoms with Crippen LogP contribution in [-0.2, 0) is 11.3 Å². The van der Waals surface area contributed by atoms with E-state index in [1.165, 1.54) is 12.8 Å². The Bertz CT molecular complexity index is 792. The van der Waals surface area contributed by atoms with Gasteiger partial charge in [0.1, 0.15) is 6.54 Å². The van der Waals surface area contributed by atoms with E-state index in [4.69, 9.17) is 0 Å². The van der Waals surface area contributed by atoms with Crippen LogP contribution in [-0.4, -0.2) is 65.2 Å². The van der Waals surface area contributed by atoms with E-state index in [0.29, 0.717) is 12.6 Å². The molecule has 1 saturated carbocycles. The highest BCUT2D eigenvalue weighted by atomic mass is 16.2. The van der Waals surface area contributed by atoms with Gasteiger partial charge in [-0.1, -0.05) is 31.0 Å². The average molecular weight is 383 g/mol. The first-order valence-electron chi connectivity index (χ1n) is 9.84. The number of aliphatic imine (C=N–C) groups is 1. The summed E-state index contributed by atoms with van der Waals surface area (Å²) in [6.07, 6.45) is 8.71. The van der Waals surface area contributed by atoms with Crippen molar-refractivity contribution in [1.82, 2.24) is 24.9 Å². The Hall–Kier alpha value is -2.83. The summed E-state index contributed by atoms with van der Waals surface area (Å²) in [6.45, 7) is 0.817. The Morgan fingerprint density at radius 3 is 2.61 bits per heavy atom. The maximum absolute atomic E-state index is 12.0. The molecule has 0 saturated heterocycles. The van der Waals surface area contributed by atoms with Gasteiger partial charge in [0, 0.05) is 45.5 Å². The van der Waals surface area contributed by atoms with E-state index in [9.17, 15) is 4.79 Å². The molecule has 7 heteroatoms. The summed E-state index contributed by atoms with van der Waals surface area (Å²) in [5.41, 5.74) is 2.12. The van der Waals surface area contributed by atoms with E-state index >= 15 is 0 Å². The van der Waals surface area contributed by atoms with Crippen molar-refractivity contribution in [3.8, 4) is 5.69 Å². The fraction of sp³-hybridized carbons (Fsp3) is 0.476. The quantitative estimate of drug-likeness (QED) is 0.615. The van der Waals surface area contributed by atoms with Crippen molar-refractivity contribution in [2.75, 3.05) is 27.7 Å². The molecule has 3 rings (SSSR count). The number of guanidine groups is 1. The Kier molecular flexibility index (Phi) is 6.68. The third kappa shape index (κ3) is 5.34. The number of benzene rings is 1. The molecule has 7 nitrogen and oxygen atoms in total. The van der Waals surface area contributed by atoms with Crippen LogP contribution in [0.5, 0.6) is 0 Å². The van der Waals surface area contributed by atoms with Gasteiger partial charge in [0.25, 0.3) is 0 Å². The topological polar surface area (TPSA) is 65.8 Å². The molecule has 1 heterocycles. The van der Waals surface area contributed by atoms with Gasteiger partial charge in [-0.05, 0) is 25.0 Å². The van der Waals surface area contributed by atoms with Crippen molar-refractivity contribution in [3.63, 3.8) is 0 Å². The minimum Gasteiger partial charge on any atom is -0.353 e. The Labute approximate surface area is 167 Å². The number of likely N-dealkylation sites (N-methyl/N-ethyl adjacent to an activating group) is 1. The van der Waals surface area contributed by atoms with Crippen molar-refractivity contribution in [2.24, 2.45) is 4.99 Å². The maximum atomic E-state index is 12.0. The van der Waals surface area contributed by atoms with Crippen molar-refractivity contribution in [3.05, 3.63) is 48.3 Å². The van der Waals surface area contributed by atoms with Gasteiger partial charge in [0.15, 0.2) is 5.96 Å². The molecule has 0 aliphatic heterocycles. The van der Waals surface area contributed by atoms with Crippen LogP contribution in [0.15, 0.2) is 47.7 Å². The van der Waals surface area contributed by atoms with E-state index in [1.54, 1.807) is 19.0 Å². The Morgan fingerprint density at radius 1 is 1.21 bits per heavy atom. The van der Waals surface area contributed by atoms with Gasteiger partial charge in [-0.3, -0.25) is 4.79 Å². The SMILES string of the molecule is CN(C)C(=O)CN=C(NC1CCCC1)N(C)Cc1cnn(-c2ccccc2)c1. The van der Waals surface area contributed by atoms with Crippen LogP contribution in [0.4, 0.5) is 0 Å². The fourth-order valence-electron chi connectivity index (χ4n) is 3.33. The molecule has 1 aliphatic carbocycles. The van der Waals surface area contributed by atoms with E-state index in [2.05, 4.69) is 20.3 Å². The maximum Gasteiger partial charge on any atom is 0.243 e. The molecular formula is C21H30N6O. The lowest BCUT2D eigenvalue weighted by molar-refractivity contribution is -0.127. The highest BCUT2D eigenvalue weighted by molar-refractivity contribution is 5.84. The number of rotatable bonds is 6. The third-order valence-corrected chi connectivity index (χ3v) is 4.99. The second kappa shape index (κ2) is 9.39. The van der Waals surface area contributed by atoms with Gasteiger partial charge in [-0.15, -0.1) is 0 Å². The smallest absolute Gasteiger partial charge is 0.243 e. The summed E-state index contributed by atoms with van der Waals surface area (Å²) in [5.74, 6) is 0.769. The largest absolute Gasteiger partial charge is 0.353 e. The molecular weight excluding hydrogens is 352 g/mol. The number of nitrogens with zero attached hydrogens (tertiary/aromatic N) is 5. The van der Waals surface area contributed by atoms with E-state index in [0.717, 1.165) is 30.1 Å². The summed E-state index contributed by atoms with van der Waals surface area (Å²) in [4.78, 5) is 20.2. The number of carbonyl (C=O) groups excluding carboxylic acids is 1. The normalized spacial score (nSPS) is 14.9. The van der Waals surface area contributed by atoms with Crippen molar-refractivity contribution >= 4 is 11.9 Å². The number of para-hydroxylation sites is 1. The zero-order chi connectivity index (χ0) is 19.9. The molecule has 1 fully saturated rings. The zero-order valence-corrected chi connectivity index (χ0v) is 17.0. The molecule has 1 aliphatic rings. The van der Waals surface area contributed by atoms with Crippen LogP contribution in [0, 0.1) is 0 Å². The predicted octanol–water partition coefficient (Wildman–Crippen LogP) is 2.28. The summed E-state index contributed by atoms with van der Waals surface area (Å²) < 4.78 is 1.87. The van der Waals surface area contributed by atoms with Crippen LogP contribution < -0.4 is 5.32 Å². The van der Waals surface area contributed by atoms with Crippen molar-refractivity contribution < 1.29 is 4.79 Å². The predicted molar refractivity (Wildman–Crippen MR) is 111 cm³/mol. The summed E-state index contributed by atoms with van der Waals surface area (Å²) in [6, 6.07) is 10.5. The zero-order valence-electron chi connectivity index (χ0n) is 17.0. The lowest BCUT2D eigenvalue weighted by atomic mass is 10.2. The number of carbonyl (C=O) groups is 1. The minimum absolute atomic E-state index is 0.00369. The summed E-state index contributed by atoms with van der Waals surface area (Å²) >= 11 is 0. The number of amides is 1. The third-order valence-electron chi connectivity index (χ3n) is 4.99. The van der Waals surface area contributed by atoms with Gasteiger partial charge in [-0.2, -0.15) is 5.10 Å². The van der Waals surface area contributed by atoms with Gasteiger partial charge in [0.05, 0.1) is 11.9 Å². The Morgan fingerprint density at radius 2 is 1.93 bits per heavy atom. The van der Waals surface area contributed by atoms with Crippen LogP contribution in [0.2, 0.25) is 0 Å². The first-order valence-corrected chi connectivity index (χ1v) is 9.84. The highest BCUT2D eigenvalue weighted by Crippen LogP contribution is 2.18. The molecule has 28 heavy (non-hydrogen) atoms. The Balaban J connectivity index is 1.69. The van der Waals surface area contributed by atoms with Gasteiger partial charge < -0.3 is 15.1 Å². The van der Waals surface area contributed by atoms with Crippen molar-refractivity contribution in [1.29, 1.82) is 0 Å². The second-order valence-electron chi connectivity index (χ2n) is 7.54. The molecule has 1 amide bonds. The highest BCUT2D eigenvalue weighted by Gasteiger charge is 2.19. The number of nitrogens with one attached hydrogen (secondary N) is 1. The van der Waals surface area contributed by atoms with E-state index in [1.807, 2.05) is 54.5 Å². The first-order chi connectivity index (χ1) is 13.5. The first kappa shape index (κ1) is 19.9. The molecule has 0 bridgehead atoms. The standard InChI is InChI=1S/C21H30N6O/c1-25(2)20(28)14-22-21(24-18-9-7-8-10-18)26(3)15-17-13-23-27(16-17)19-11-5-4-6-12-19/h4-6,11-13,16,18H,7-10,14-15H2,1-3H3,(H,22,24). The average Bonchev–Trinajstić information content (AvgIpc) is 3.37. The molecule has 150 valence electrons. The van der Waals surface area contributed by atoms with Crippen LogP contribution in [0.25, 0.3) is 5.69 Å². The van der Waals surface area contributed by atoms with Crippen molar-refractivity contribution in [2.45, 2.75) is 38.3 Å². The van der Waals surface area contributed by atoms with Gasteiger partial charge >= 0.3 is 0 Å². The second-order valence-corrected chi connectivity index (χ2v) is 7.54. The van der Waals surface area contributed by atoms with Crippen LogP contribution >= 0.6 is 0 Å². The van der Waals surface area contributed by atoms with Gasteiger partial charge in [-0.25, -0.2) is 9.67 Å². The molecule has 0 spiro atoms. The van der Waals surface area contributed by atoms with E-state index in [-0.39, 0.29) is 12.5 Å². The van der Waals surface area contributed by atoms with Gasteiger partial charge in [0.2, 0.25) is 5.91 Å². The molecule has 1 N–H and O–H groups in total. The monoisotopic (exact) mass is 382 g/mol. The van der Waals surface area contributed by atoms with Crippen LogP contribution in [0.3, 0.4) is 0 Å². The molecule has 0 atom stereocenters. The van der Waals surface area contributed by atoms with Crippen LogP contribution in [0.1, 0.15) is 31.2 Å². The summed E-state index contributed by atoms with van der Waals surface area (Å²) in [5, 5.41) is 8.02. The van der Waals surface area contributed by atoms with E-state index < -0.39 is 0 Å². The molecule has 0 unspecified atom stereocenters. The minimum atomic E-state index is -0.00369. The number of hydrogen-bond donors (Lipinski definition) is 1. The number of hydrogen-bond acceptors (Lipinski definition) is 3.